The van der Waals surface area contributed by atoms with Crippen LogP contribution in [0.2, 0.25) is 0 Å². The third-order valence-electron chi connectivity index (χ3n) is 4.84. The fourth-order valence-corrected chi connectivity index (χ4v) is 6.22. The van der Waals surface area contributed by atoms with Crippen LogP contribution in [0, 0.1) is 0 Å². The summed E-state index contributed by atoms with van der Waals surface area (Å²) in [5.74, 6) is 0.315. The number of anilines is 1. The van der Waals surface area contributed by atoms with E-state index in [1.807, 2.05) is 24.3 Å². The summed E-state index contributed by atoms with van der Waals surface area (Å²) in [6, 6.07) is 13.0. The minimum absolute atomic E-state index is 0.0124. The van der Waals surface area contributed by atoms with Gasteiger partial charge in [-0.1, -0.05) is 23.9 Å². The Labute approximate surface area is 178 Å². The molecule has 1 amide bonds. The normalized spacial score (nSPS) is 14.4. The van der Waals surface area contributed by atoms with Gasteiger partial charge in [-0.2, -0.15) is 0 Å². The fourth-order valence-electron chi connectivity index (χ4n) is 3.32. The summed E-state index contributed by atoms with van der Waals surface area (Å²) in [5, 5.41) is 0. The lowest BCUT2D eigenvalue weighted by atomic mass is 10.0. The van der Waals surface area contributed by atoms with E-state index in [4.69, 9.17) is 0 Å². The maximum atomic E-state index is 12.9. The van der Waals surface area contributed by atoms with Gasteiger partial charge in [0.15, 0.2) is 4.34 Å². The van der Waals surface area contributed by atoms with E-state index < -0.39 is 10.0 Å². The van der Waals surface area contributed by atoms with Crippen molar-refractivity contribution in [2.45, 2.75) is 22.1 Å². The molecule has 1 aromatic heterocycles. The van der Waals surface area contributed by atoms with Crippen LogP contribution in [0.25, 0.3) is 10.2 Å². The molecule has 1 aliphatic heterocycles. The Kier molecular flexibility index (Phi) is 5.65. The SMILES string of the molecule is CN(C)S(=O)(=O)c1ccc2c(c1)CCCN2C(=O)CSc1nc2ccccc2s1. The third kappa shape index (κ3) is 4.05. The molecule has 29 heavy (non-hydrogen) atoms. The van der Waals surface area contributed by atoms with Gasteiger partial charge in [0.2, 0.25) is 15.9 Å². The topological polar surface area (TPSA) is 70.6 Å². The first-order valence-electron chi connectivity index (χ1n) is 9.20. The number of carbonyl (C=O) groups is 1. The molecule has 0 N–H and O–H groups in total. The number of amides is 1. The zero-order chi connectivity index (χ0) is 20.6. The zero-order valence-corrected chi connectivity index (χ0v) is 18.6. The largest absolute Gasteiger partial charge is 0.311 e. The highest BCUT2D eigenvalue weighted by molar-refractivity contribution is 8.01. The van der Waals surface area contributed by atoms with Crippen molar-refractivity contribution in [3.05, 3.63) is 48.0 Å². The first-order chi connectivity index (χ1) is 13.9. The van der Waals surface area contributed by atoms with Gasteiger partial charge >= 0.3 is 0 Å². The minimum atomic E-state index is -3.49. The zero-order valence-electron chi connectivity index (χ0n) is 16.2. The fraction of sp³-hybridized carbons (Fsp3) is 0.300. The lowest BCUT2D eigenvalue weighted by Gasteiger charge is -2.30. The number of sulfonamides is 1. The van der Waals surface area contributed by atoms with Crippen molar-refractivity contribution in [1.29, 1.82) is 0 Å². The van der Waals surface area contributed by atoms with Gasteiger partial charge in [0.05, 0.1) is 20.9 Å². The number of aryl methyl sites for hydroxylation is 1. The second kappa shape index (κ2) is 8.06. The highest BCUT2D eigenvalue weighted by Crippen LogP contribution is 2.33. The summed E-state index contributed by atoms with van der Waals surface area (Å²) in [5.41, 5.74) is 2.66. The Balaban J connectivity index is 1.52. The summed E-state index contributed by atoms with van der Waals surface area (Å²) in [6.07, 6.45) is 1.58. The van der Waals surface area contributed by atoms with Crippen LogP contribution in [0.15, 0.2) is 51.7 Å². The lowest BCUT2D eigenvalue weighted by molar-refractivity contribution is -0.116. The molecular formula is C20H21N3O3S3. The van der Waals surface area contributed by atoms with E-state index in [2.05, 4.69) is 4.98 Å². The molecule has 6 nitrogen and oxygen atoms in total. The summed E-state index contributed by atoms with van der Waals surface area (Å²) >= 11 is 3.04. The second-order valence-corrected chi connectivity index (χ2v) is 11.4. The number of fused-ring (bicyclic) bond motifs is 2. The Morgan fingerprint density at radius 2 is 2.03 bits per heavy atom. The van der Waals surface area contributed by atoms with Crippen LogP contribution < -0.4 is 4.90 Å². The number of thioether (sulfide) groups is 1. The van der Waals surface area contributed by atoms with Gasteiger partial charge in [0.25, 0.3) is 0 Å². The third-order valence-corrected chi connectivity index (χ3v) is 8.82. The molecule has 3 aromatic rings. The van der Waals surface area contributed by atoms with Crippen molar-refractivity contribution in [3.63, 3.8) is 0 Å². The van der Waals surface area contributed by atoms with E-state index in [1.165, 1.54) is 30.2 Å². The van der Waals surface area contributed by atoms with Gasteiger partial charge in [0.1, 0.15) is 0 Å². The van der Waals surface area contributed by atoms with Crippen molar-refractivity contribution in [1.82, 2.24) is 9.29 Å². The highest BCUT2D eigenvalue weighted by Gasteiger charge is 2.25. The second-order valence-electron chi connectivity index (χ2n) is 6.96. The number of thiazole rings is 1. The van der Waals surface area contributed by atoms with E-state index in [0.717, 1.165) is 38.6 Å². The first-order valence-corrected chi connectivity index (χ1v) is 12.4. The van der Waals surface area contributed by atoms with Crippen LogP contribution in [0.5, 0.6) is 0 Å². The molecular weight excluding hydrogens is 426 g/mol. The number of benzene rings is 2. The molecule has 0 spiro atoms. The molecule has 4 rings (SSSR count). The van der Waals surface area contributed by atoms with Crippen molar-refractivity contribution in [2.75, 3.05) is 31.3 Å². The number of hydrogen-bond acceptors (Lipinski definition) is 6. The molecule has 0 saturated carbocycles. The standard InChI is InChI=1S/C20H21N3O3S3/c1-22(2)29(25,26)15-9-10-17-14(12-15)6-5-11-23(17)19(24)13-27-20-21-16-7-3-4-8-18(16)28-20/h3-4,7-10,12H,5-6,11,13H2,1-2H3. The van der Waals surface area contributed by atoms with E-state index in [0.29, 0.717) is 12.3 Å². The number of hydrogen-bond donors (Lipinski definition) is 0. The molecule has 0 fully saturated rings. The molecule has 1 aliphatic rings. The first kappa shape index (κ1) is 20.3. The number of carbonyl (C=O) groups excluding carboxylic acids is 1. The summed E-state index contributed by atoms with van der Waals surface area (Å²) in [4.78, 5) is 19.5. The van der Waals surface area contributed by atoms with Crippen LogP contribution in [-0.2, 0) is 21.2 Å². The minimum Gasteiger partial charge on any atom is -0.311 e. The number of para-hydroxylation sites is 1. The van der Waals surface area contributed by atoms with Crippen LogP contribution in [0.4, 0.5) is 5.69 Å². The van der Waals surface area contributed by atoms with Crippen LogP contribution in [-0.4, -0.2) is 50.0 Å². The average Bonchev–Trinajstić information content (AvgIpc) is 3.14. The molecule has 0 unspecified atom stereocenters. The Bertz CT molecular complexity index is 1140. The van der Waals surface area contributed by atoms with Crippen LogP contribution >= 0.6 is 23.1 Å². The van der Waals surface area contributed by atoms with Crippen molar-refractivity contribution >= 4 is 54.9 Å². The molecule has 152 valence electrons. The number of rotatable bonds is 5. The van der Waals surface area contributed by atoms with Gasteiger partial charge in [-0.05, 0) is 48.7 Å². The summed E-state index contributed by atoms with van der Waals surface area (Å²) in [7, 11) is -0.453. The number of aromatic nitrogens is 1. The van der Waals surface area contributed by atoms with Crippen molar-refractivity contribution < 1.29 is 13.2 Å². The molecule has 0 atom stereocenters. The van der Waals surface area contributed by atoms with E-state index in [9.17, 15) is 13.2 Å². The summed E-state index contributed by atoms with van der Waals surface area (Å²) in [6.45, 7) is 0.645. The molecule has 2 aromatic carbocycles. The predicted octanol–water partition coefficient (Wildman–Crippen LogP) is 3.62. The van der Waals surface area contributed by atoms with Gasteiger partial charge in [-0.15, -0.1) is 11.3 Å². The molecule has 9 heteroatoms. The van der Waals surface area contributed by atoms with Gasteiger partial charge in [-0.25, -0.2) is 17.7 Å². The van der Waals surface area contributed by atoms with Crippen molar-refractivity contribution in [2.24, 2.45) is 0 Å². The monoisotopic (exact) mass is 447 g/mol. The van der Waals surface area contributed by atoms with Gasteiger partial charge < -0.3 is 4.90 Å². The Morgan fingerprint density at radius 1 is 1.24 bits per heavy atom. The maximum absolute atomic E-state index is 12.9. The van der Waals surface area contributed by atoms with Crippen LogP contribution in [0.1, 0.15) is 12.0 Å². The summed E-state index contributed by atoms with van der Waals surface area (Å²) < 4.78 is 28.0. The molecule has 0 aliphatic carbocycles. The molecule has 0 radical (unpaired) electrons. The van der Waals surface area contributed by atoms with E-state index in [1.54, 1.807) is 34.4 Å². The maximum Gasteiger partial charge on any atom is 0.242 e. The van der Waals surface area contributed by atoms with E-state index in [-0.39, 0.29) is 10.8 Å². The quantitative estimate of drug-likeness (QED) is 0.559. The lowest BCUT2D eigenvalue weighted by Crippen LogP contribution is -2.36. The molecule has 2 heterocycles. The van der Waals surface area contributed by atoms with E-state index >= 15 is 0 Å². The van der Waals surface area contributed by atoms with Gasteiger partial charge in [-0.3, -0.25) is 4.79 Å². The predicted molar refractivity (Wildman–Crippen MR) is 118 cm³/mol. The molecule has 0 bridgehead atoms. The van der Waals surface area contributed by atoms with Crippen molar-refractivity contribution in [3.8, 4) is 0 Å². The number of nitrogens with zero attached hydrogens (tertiary/aromatic N) is 3. The van der Waals surface area contributed by atoms with Crippen LogP contribution in [0.3, 0.4) is 0 Å². The smallest absolute Gasteiger partial charge is 0.242 e. The Morgan fingerprint density at radius 3 is 2.79 bits per heavy atom. The highest BCUT2D eigenvalue weighted by atomic mass is 32.2. The molecule has 0 saturated heterocycles. The average molecular weight is 448 g/mol. The van der Waals surface area contributed by atoms with Gasteiger partial charge in [0, 0.05) is 26.3 Å². The Hall–Kier alpha value is -1.94.